The van der Waals surface area contributed by atoms with E-state index in [9.17, 15) is 8.78 Å². The molecule has 1 atom stereocenters. The average molecular weight is 296 g/mol. The molecule has 0 heterocycles. The van der Waals surface area contributed by atoms with Crippen molar-refractivity contribution in [2.24, 2.45) is 0 Å². The second kappa shape index (κ2) is 6.82. The Kier molecular flexibility index (Phi) is 5.10. The molecule has 0 aliphatic rings. The summed E-state index contributed by atoms with van der Waals surface area (Å²) in [7, 11) is 1.79. The predicted molar refractivity (Wildman–Crippen MR) is 78.2 cm³/mol. The summed E-state index contributed by atoms with van der Waals surface area (Å²) < 4.78 is 27.8. The normalized spacial score (nSPS) is 12.4. The van der Waals surface area contributed by atoms with Crippen molar-refractivity contribution in [1.82, 2.24) is 5.32 Å². The predicted octanol–water partition coefficient (Wildman–Crippen LogP) is 4.16. The standard InChI is InChI=1S/C16H16ClF2N/c1-20-10-11(12-5-2-3-7-15(12)18)9-13-14(17)6-4-8-16(13)19/h2-8,11,20H,9-10H2,1H3. The molecule has 20 heavy (non-hydrogen) atoms. The molecule has 2 aromatic rings. The summed E-state index contributed by atoms with van der Waals surface area (Å²) in [6, 6.07) is 11.2. The third kappa shape index (κ3) is 3.35. The fourth-order valence-corrected chi connectivity index (χ4v) is 2.56. The first-order chi connectivity index (χ1) is 9.63. The van der Waals surface area contributed by atoms with E-state index in [0.717, 1.165) is 0 Å². The number of likely N-dealkylation sites (N-methyl/N-ethyl adjacent to an activating group) is 1. The highest BCUT2D eigenvalue weighted by atomic mass is 35.5. The van der Waals surface area contributed by atoms with Gasteiger partial charge in [-0.05, 0) is 37.2 Å². The minimum absolute atomic E-state index is 0.171. The van der Waals surface area contributed by atoms with E-state index in [2.05, 4.69) is 5.32 Å². The van der Waals surface area contributed by atoms with E-state index in [-0.39, 0.29) is 17.6 Å². The van der Waals surface area contributed by atoms with Crippen molar-refractivity contribution in [2.75, 3.05) is 13.6 Å². The van der Waals surface area contributed by atoms with Crippen molar-refractivity contribution < 1.29 is 8.78 Å². The number of benzene rings is 2. The van der Waals surface area contributed by atoms with Gasteiger partial charge in [-0.3, -0.25) is 0 Å². The Morgan fingerprint density at radius 3 is 2.40 bits per heavy atom. The van der Waals surface area contributed by atoms with E-state index in [4.69, 9.17) is 11.6 Å². The van der Waals surface area contributed by atoms with Gasteiger partial charge in [0.15, 0.2) is 0 Å². The maximum absolute atomic E-state index is 13.9. The van der Waals surface area contributed by atoms with Crippen LogP contribution < -0.4 is 5.32 Å². The van der Waals surface area contributed by atoms with E-state index in [1.54, 1.807) is 37.4 Å². The lowest BCUT2D eigenvalue weighted by atomic mass is 9.91. The molecule has 0 saturated heterocycles. The number of halogens is 3. The minimum Gasteiger partial charge on any atom is -0.319 e. The zero-order chi connectivity index (χ0) is 14.5. The molecule has 0 fully saturated rings. The summed E-state index contributed by atoms with van der Waals surface area (Å²) in [5, 5.41) is 3.40. The van der Waals surface area contributed by atoms with Crippen molar-refractivity contribution in [1.29, 1.82) is 0 Å². The third-order valence-electron chi connectivity index (χ3n) is 3.31. The van der Waals surface area contributed by atoms with Crippen LogP contribution in [0.1, 0.15) is 17.0 Å². The van der Waals surface area contributed by atoms with Gasteiger partial charge in [0, 0.05) is 23.0 Å². The molecule has 0 aromatic heterocycles. The number of rotatable bonds is 5. The van der Waals surface area contributed by atoms with Gasteiger partial charge < -0.3 is 5.32 Å². The highest BCUT2D eigenvalue weighted by Gasteiger charge is 2.18. The molecule has 0 amide bonds. The van der Waals surface area contributed by atoms with E-state index in [1.807, 2.05) is 0 Å². The first kappa shape index (κ1) is 14.9. The van der Waals surface area contributed by atoms with E-state index in [0.29, 0.717) is 29.1 Å². The van der Waals surface area contributed by atoms with Crippen molar-refractivity contribution in [2.45, 2.75) is 12.3 Å². The van der Waals surface area contributed by atoms with Gasteiger partial charge in [-0.25, -0.2) is 8.78 Å². The lowest BCUT2D eigenvalue weighted by Gasteiger charge is -2.19. The van der Waals surface area contributed by atoms with Gasteiger partial charge in [0.25, 0.3) is 0 Å². The maximum Gasteiger partial charge on any atom is 0.127 e. The van der Waals surface area contributed by atoms with Crippen LogP contribution in [0.3, 0.4) is 0 Å². The van der Waals surface area contributed by atoms with Crippen molar-refractivity contribution >= 4 is 11.6 Å². The van der Waals surface area contributed by atoms with E-state index < -0.39 is 0 Å². The summed E-state index contributed by atoms with van der Waals surface area (Å²) in [5.41, 5.74) is 0.999. The highest BCUT2D eigenvalue weighted by Crippen LogP contribution is 2.28. The average Bonchev–Trinajstić information content (AvgIpc) is 2.43. The Labute approximate surface area is 122 Å². The van der Waals surface area contributed by atoms with Crippen LogP contribution in [0.4, 0.5) is 8.78 Å². The Hall–Kier alpha value is -1.45. The van der Waals surface area contributed by atoms with Crippen LogP contribution in [0.5, 0.6) is 0 Å². The molecule has 1 nitrogen and oxygen atoms in total. The monoisotopic (exact) mass is 295 g/mol. The van der Waals surface area contributed by atoms with Crippen LogP contribution in [0.25, 0.3) is 0 Å². The topological polar surface area (TPSA) is 12.0 Å². The zero-order valence-electron chi connectivity index (χ0n) is 11.2. The van der Waals surface area contributed by atoms with Gasteiger partial charge in [0.2, 0.25) is 0 Å². The van der Waals surface area contributed by atoms with Gasteiger partial charge in [-0.2, -0.15) is 0 Å². The Balaban J connectivity index is 2.33. The molecular formula is C16H16ClF2N. The third-order valence-corrected chi connectivity index (χ3v) is 3.66. The lowest BCUT2D eigenvalue weighted by molar-refractivity contribution is 0.541. The molecule has 0 spiro atoms. The van der Waals surface area contributed by atoms with Gasteiger partial charge in [-0.15, -0.1) is 0 Å². The van der Waals surface area contributed by atoms with E-state index >= 15 is 0 Å². The number of hydrogen-bond acceptors (Lipinski definition) is 1. The highest BCUT2D eigenvalue weighted by molar-refractivity contribution is 6.31. The number of nitrogens with one attached hydrogen (secondary N) is 1. The van der Waals surface area contributed by atoms with Crippen molar-refractivity contribution in [3.05, 3.63) is 70.2 Å². The Bertz CT molecular complexity index is 566. The molecule has 0 radical (unpaired) electrons. The van der Waals surface area contributed by atoms with E-state index in [1.165, 1.54) is 12.1 Å². The van der Waals surface area contributed by atoms with Crippen molar-refractivity contribution in [3.8, 4) is 0 Å². The molecule has 2 aromatic carbocycles. The summed E-state index contributed by atoms with van der Waals surface area (Å²) >= 11 is 6.05. The molecule has 2 rings (SSSR count). The van der Waals surface area contributed by atoms with Gasteiger partial charge in [0.05, 0.1) is 0 Å². The molecule has 1 unspecified atom stereocenters. The molecule has 0 aliphatic carbocycles. The molecule has 1 N–H and O–H groups in total. The lowest BCUT2D eigenvalue weighted by Crippen LogP contribution is -2.20. The first-order valence-corrected chi connectivity index (χ1v) is 6.83. The minimum atomic E-state index is -0.352. The summed E-state index contributed by atoms with van der Waals surface area (Å²) in [4.78, 5) is 0. The van der Waals surface area contributed by atoms with Gasteiger partial charge in [-0.1, -0.05) is 35.9 Å². The van der Waals surface area contributed by atoms with Crippen molar-refractivity contribution in [3.63, 3.8) is 0 Å². The second-order valence-corrected chi connectivity index (χ2v) is 5.09. The molecule has 0 aliphatic heterocycles. The van der Waals surface area contributed by atoms with Crippen LogP contribution in [0, 0.1) is 11.6 Å². The van der Waals surface area contributed by atoms with Crippen LogP contribution in [-0.2, 0) is 6.42 Å². The quantitative estimate of drug-likeness (QED) is 0.873. The Morgan fingerprint density at radius 2 is 1.75 bits per heavy atom. The van der Waals surface area contributed by atoms with Gasteiger partial charge in [0.1, 0.15) is 11.6 Å². The van der Waals surface area contributed by atoms with Crippen LogP contribution in [0.2, 0.25) is 5.02 Å². The molecule has 0 bridgehead atoms. The van der Waals surface area contributed by atoms with Crippen LogP contribution >= 0.6 is 11.6 Å². The largest absolute Gasteiger partial charge is 0.319 e. The molecular weight excluding hydrogens is 280 g/mol. The second-order valence-electron chi connectivity index (χ2n) is 4.68. The summed E-state index contributed by atoms with van der Waals surface area (Å²) in [6.07, 6.45) is 0.354. The molecule has 0 saturated carbocycles. The Morgan fingerprint density at radius 1 is 1.05 bits per heavy atom. The first-order valence-electron chi connectivity index (χ1n) is 6.45. The fraction of sp³-hybridized carbons (Fsp3) is 0.250. The number of hydrogen-bond donors (Lipinski definition) is 1. The fourth-order valence-electron chi connectivity index (χ4n) is 2.32. The summed E-state index contributed by atoms with van der Waals surface area (Å²) in [6.45, 7) is 0.547. The van der Waals surface area contributed by atoms with Gasteiger partial charge >= 0.3 is 0 Å². The van der Waals surface area contributed by atoms with Crippen LogP contribution in [0.15, 0.2) is 42.5 Å². The zero-order valence-corrected chi connectivity index (χ0v) is 11.9. The summed E-state index contributed by atoms with van der Waals surface area (Å²) in [5.74, 6) is -0.800. The SMILES string of the molecule is CNCC(Cc1c(F)cccc1Cl)c1ccccc1F. The maximum atomic E-state index is 13.9. The molecule has 106 valence electrons. The molecule has 4 heteroatoms. The van der Waals surface area contributed by atoms with Crippen LogP contribution in [-0.4, -0.2) is 13.6 Å². The smallest absolute Gasteiger partial charge is 0.127 e.